The maximum Gasteiger partial charge on any atom is 0.237 e. The molecule has 0 bridgehead atoms. The number of amides is 1. The average Bonchev–Trinajstić information content (AvgIpc) is 2.00. The van der Waals surface area contributed by atoms with Gasteiger partial charge in [0.2, 0.25) is 5.91 Å². The first kappa shape index (κ1) is 14.7. The number of nitrogens with one attached hydrogen (secondary N) is 1. The second-order valence-corrected chi connectivity index (χ2v) is 5.85. The lowest BCUT2D eigenvalue weighted by atomic mass is 10.1. The van der Waals surface area contributed by atoms with Crippen LogP contribution in [0.5, 0.6) is 0 Å². The van der Waals surface area contributed by atoms with Gasteiger partial charge in [-0.2, -0.15) is 0 Å². The van der Waals surface area contributed by atoms with Gasteiger partial charge in [-0.3, -0.25) is 4.79 Å². The number of halogens is 1. The minimum absolute atomic E-state index is 0. The van der Waals surface area contributed by atoms with Crippen molar-refractivity contribution in [2.75, 3.05) is 31.6 Å². The highest BCUT2D eigenvalue weighted by Gasteiger charge is 2.27. The smallest absolute Gasteiger partial charge is 0.237 e. The molecule has 0 aromatic carbocycles. The van der Waals surface area contributed by atoms with Gasteiger partial charge in [-0.1, -0.05) is 6.92 Å². The van der Waals surface area contributed by atoms with Crippen LogP contribution in [0.4, 0.5) is 0 Å². The van der Waals surface area contributed by atoms with Crippen molar-refractivity contribution < 1.29 is 13.2 Å². The van der Waals surface area contributed by atoms with Crippen LogP contribution < -0.4 is 5.32 Å². The van der Waals surface area contributed by atoms with E-state index in [0.717, 1.165) is 13.1 Å². The average molecular weight is 257 g/mol. The van der Waals surface area contributed by atoms with E-state index < -0.39 is 9.84 Å². The van der Waals surface area contributed by atoms with Gasteiger partial charge in [0, 0.05) is 25.9 Å². The molecule has 1 N–H and O–H groups in total. The highest BCUT2D eigenvalue weighted by atomic mass is 35.5. The molecular weight excluding hydrogens is 240 g/mol. The monoisotopic (exact) mass is 256 g/mol. The number of rotatable bonds is 4. The molecule has 90 valence electrons. The van der Waals surface area contributed by atoms with Crippen molar-refractivity contribution in [3.63, 3.8) is 0 Å². The standard InChI is InChI=1S/C8H16N2O3S.ClH/c1-3-14(12,13)6-8(11)10(2)7-4-9-5-7;/h7,9H,3-6H2,1-2H3;1H. The summed E-state index contributed by atoms with van der Waals surface area (Å²) in [6.07, 6.45) is 0. The molecule has 0 aromatic rings. The zero-order valence-electron chi connectivity index (χ0n) is 8.89. The van der Waals surface area contributed by atoms with Crippen LogP contribution in [0.15, 0.2) is 0 Å². The van der Waals surface area contributed by atoms with Gasteiger partial charge in [-0.15, -0.1) is 12.4 Å². The van der Waals surface area contributed by atoms with Crippen molar-refractivity contribution >= 4 is 28.2 Å². The third kappa shape index (κ3) is 3.96. The molecule has 0 aliphatic carbocycles. The van der Waals surface area contributed by atoms with Crippen molar-refractivity contribution in [3.05, 3.63) is 0 Å². The van der Waals surface area contributed by atoms with Gasteiger partial charge in [-0.25, -0.2) is 8.42 Å². The summed E-state index contributed by atoms with van der Waals surface area (Å²) in [5, 5.41) is 3.03. The van der Waals surface area contributed by atoms with Crippen LogP contribution in [0.1, 0.15) is 6.92 Å². The quantitative estimate of drug-likeness (QED) is 0.721. The largest absolute Gasteiger partial charge is 0.339 e. The summed E-state index contributed by atoms with van der Waals surface area (Å²) < 4.78 is 22.4. The van der Waals surface area contributed by atoms with Gasteiger partial charge in [-0.05, 0) is 0 Å². The molecule has 0 radical (unpaired) electrons. The Labute approximate surface area is 96.5 Å². The first-order valence-electron chi connectivity index (χ1n) is 4.63. The first-order chi connectivity index (χ1) is 6.46. The van der Waals surface area contributed by atoms with Gasteiger partial charge in [0.25, 0.3) is 0 Å². The molecule has 1 saturated heterocycles. The highest BCUT2D eigenvalue weighted by Crippen LogP contribution is 2.03. The van der Waals surface area contributed by atoms with E-state index >= 15 is 0 Å². The summed E-state index contributed by atoms with van der Waals surface area (Å²) in [6.45, 7) is 3.07. The predicted molar refractivity (Wildman–Crippen MR) is 61.0 cm³/mol. The van der Waals surface area contributed by atoms with Crippen LogP contribution in [0.25, 0.3) is 0 Å². The van der Waals surface area contributed by atoms with Gasteiger partial charge in [0.1, 0.15) is 5.75 Å². The molecule has 0 spiro atoms. The molecule has 1 aliphatic rings. The minimum Gasteiger partial charge on any atom is -0.339 e. The van der Waals surface area contributed by atoms with Gasteiger partial charge in [0.15, 0.2) is 9.84 Å². The van der Waals surface area contributed by atoms with E-state index in [-0.39, 0.29) is 35.9 Å². The van der Waals surface area contributed by atoms with Crippen LogP contribution in [-0.4, -0.2) is 56.9 Å². The Balaban J connectivity index is 0.00000196. The molecule has 0 aromatic heterocycles. The van der Waals surface area contributed by atoms with Crippen molar-refractivity contribution in [2.45, 2.75) is 13.0 Å². The third-order valence-electron chi connectivity index (χ3n) is 2.48. The highest BCUT2D eigenvalue weighted by molar-refractivity contribution is 7.92. The molecule has 0 atom stereocenters. The Morgan fingerprint density at radius 2 is 2.00 bits per heavy atom. The molecule has 1 heterocycles. The zero-order valence-corrected chi connectivity index (χ0v) is 10.5. The van der Waals surface area contributed by atoms with Gasteiger partial charge >= 0.3 is 0 Å². The lowest BCUT2D eigenvalue weighted by Crippen LogP contribution is -2.58. The molecule has 5 nitrogen and oxygen atoms in total. The lowest BCUT2D eigenvalue weighted by Gasteiger charge is -2.35. The first-order valence-corrected chi connectivity index (χ1v) is 6.45. The predicted octanol–water partition coefficient (Wildman–Crippen LogP) is -0.727. The maximum absolute atomic E-state index is 11.5. The van der Waals surface area contributed by atoms with E-state index in [2.05, 4.69) is 5.32 Å². The number of carbonyl (C=O) groups is 1. The fraction of sp³-hybridized carbons (Fsp3) is 0.875. The number of carbonyl (C=O) groups excluding carboxylic acids is 1. The van der Waals surface area contributed by atoms with E-state index in [1.54, 1.807) is 14.0 Å². The van der Waals surface area contributed by atoms with E-state index in [0.29, 0.717) is 0 Å². The summed E-state index contributed by atoms with van der Waals surface area (Å²) in [5.74, 6) is -0.648. The fourth-order valence-electron chi connectivity index (χ4n) is 1.14. The molecule has 1 aliphatic heterocycles. The zero-order chi connectivity index (χ0) is 10.8. The normalized spacial score (nSPS) is 16.4. The second kappa shape index (κ2) is 5.67. The van der Waals surface area contributed by atoms with E-state index in [4.69, 9.17) is 0 Å². The van der Waals surface area contributed by atoms with Crippen molar-refractivity contribution in [1.82, 2.24) is 10.2 Å². The van der Waals surface area contributed by atoms with Crippen LogP contribution in [0.2, 0.25) is 0 Å². The Morgan fingerprint density at radius 1 is 1.47 bits per heavy atom. The fourth-order valence-corrected chi connectivity index (χ4v) is 1.93. The van der Waals surface area contributed by atoms with E-state index in [1.165, 1.54) is 4.90 Å². The van der Waals surface area contributed by atoms with Gasteiger partial charge < -0.3 is 10.2 Å². The van der Waals surface area contributed by atoms with E-state index in [9.17, 15) is 13.2 Å². The molecule has 1 rings (SSSR count). The van der Waals surface area contributed by atoms with Crippen molar-refractivity contribution in [1.29, 1.82) is 0 Å². The molecule has 15 heavy (non-hydrogen) atoms. The molecule has 1 amide bonds. The Morgan fingerprint density at radius 3 is 2.33 bits per heavy atom. The topological polar surface area (TPSA) is 66.5 Å². The Hall–Kier alpha value is -0.330. The number of likely N-dealkylation sites (N-methyl/N-ethyl adjacent to an activating group) is 1. The van der Waals surface area contributed by atoms with Crippen molar-refractivity contribution in [2.24, 2.45) is 0 Å². The number of hydrogen-bond acceptors (Lipinski definition) is 4. The van der Waals surface area contributed by atoms with Crippen LogP contribution >= 0.6 is 12.4 Å². The summed E-state index contributed by atoms with van der Waals surface area (Å²) in [5.41, 5.74) is 0. The molecule has 7 heteroatoms. The van der Waals surface area contributed by atoms with E-state index in [1.807, 2.05) is 0 Å². The summed E-state index contributed by atoms with van der Waals surface area (Å²) in [7, 11) is -1.54. The molecule has 0 unspecified atom stereocenters. The number of nitrogens with zero attached hydrogens (tertiary/aromatic N) is 1. The third-order valence-corrected chi connectivity index (χ3v) is 4.05. The second-order valence-electron chi connectivity index (χ2n) is 3.49. The number of sulfone groups is 1. The SMILES string of the molecule is CCS(=O)(=O)CC(=O)N(C)C1CNC1.Cl. The van der Waals surface area contributed by atoms with Crippen LogP contribution in [0.3, 0.4) is 0 Å². The van der Waals surface area contributed by atoms with Crippen LogP contribution in [-0.2, 0) is 14.6 Å². The van der Waals surface area contributed by atoms with Crippen molar-refractivity contribution in [3.8, 4) is 0 Å². The number of hydrogen-bond donors (Lipinski definition) is 1. The Bertz CT molecular complexity index is 314. The summed E-state index contributed by atoms with van der Waals surface area (Å²) >= 11 is 0. The molecule has 0 saturated carbocycles. The summed E-state index contributed by atoms with van der Waals surface area (Å²) in [4.78, 5) is 13.0. The molecule has 1 fully saturated rings. The Kier molecular flexibility index (Phi) is 5.55. The lowest BCUT2D eigenvalue weighted by molar-refractivity contribution is -0.130. The summed E-state index contributed by atoms with van der Waals surface area (Å²) in [6, 6.07) is 0.162. The minimum atomic E-state index is -3.19. The van der Waals surface area contributed by atoms with Gasteiger partial charge in [0.05, 0.1) is 6.04 Å². The van der Waals surface area contributed by atoms with Crippen LogP contribution in [0, 0.1) is 0 Å². The maximum atomic E-state index is 11.5. The molecular formula is C8H17ClN2O3S.